The normalized spacial score (nSPS) is 26.2. The summed E-state index contributed by atoms with van der Waals surface area (Å²) in [6, 6.07) is 1.72. The minimum absolute atomic E-state index is 0.0228. The summed E-state index contributed by atoms with van der Waals surface area (Å²) in [5.74, 6) is -2.47. The molecule has 1 fully saturated rings. The predicted octanol–water partition coefficient (Wildman–Crippen LogP) is 3.78. The average Bonchev–Trinajstić information content (AvgIpc) is 2.90. The number of rotatable bonds is 1. The lowest BCUT2D eigenvalue weighted by molar-refractivity contribution is -0.118. The van der Waals surface area contributed by atoms with E-state index < -0.39 is 17.4 Å². The molecule has 1 aromatic rings. The maximum Gasteiger partial charge on any atom is 0.173 e. The summed E-state index contributed by atoms with van der Waals surface area (Å²) in [6.07, 6.45) is 2.53. The van der Waals surface area contributed by atoms with Gasteiger partial charge in [-0.25, -0.2) is 8.78 Å². The smallest absolute Gasteiger partial charge is 0.173 e. The van der Waals surface area contributed by atoms with Gasteiger partial charge in [0.1, 0.15) is 5.82 Å². The van der Waals surface area contributed by atoms with Crippen molar-refractivity contribution in [3.05, 3.63) is 33.8 Å². The summed E-state index contributed by atoms with van der Waals surface area (Å²) >= 11 is 3.22. The maximum atomic E-state index is 13.9. The molecule has 0 spiro atoms. The molecular formula is C14H11BrF2O2. The minimum Gasteiger partial charge on any atom is -0.505 e. The third kappa shape index (κ3) is 1.83. The fourth-order valence-electron chi connectivity index (χ4n) is 3.14. The van der Waals surface area contributed by atoms with E-state index in [-0.39, 0.29) is 23.2 Å². The number of benzene rings is 1. The number of carbonyl (C=O) groups is 1. The van der Waals surface area contributed by atoms with Gasteiger partial charge in [-0.05, 0) is 46.3 Å². The first-order valence-corrected chi connectivity index (χ1v) is 6.92. The number of halogens is 3. The van der Waals surface area contributed by atoms with Crippen LogP contribution in [0.2, 0.25) is 0 Å². The molecule has 2 nitrogen and oxygen atoms in total. The number of phenolic OH excluding ortho intramolecular Hbond substituents is 1. The van der Waals surface area contributed by atoms with Crippen molar-refractivity contribution in [1.29, 1.82) is 0 Å². The second-order valence-electron chi connectivity index (χ2n) is 5.02. The van der Waals surface area contributed by atoms with Crippen LogP contribution in [0.3, 0.4) is 0 Å². The summed E-state index contributed by atoms with van der Waals surface area (Å²) in [5.41, 5.74) is 0.619. The first-order chi connectivity index (χ1) is 9.00. The highest BCUT2D eigenvalue weighted by Gasteiger charge is 2.44. The molecule has 1 aromatic carbocycles. The van der Waals surface area contributed by atoms with E-state index in [2.05, 4.69) is 15.9 Å². The van der Waals surface area contributed by atoms with E-state index in [4.69, 9.17) is 5.11 Å². The average molecular weight is 329 g/mol. The Morgan fingerprint density at radius 3 is 2.58 bits per heavy atom. The van der Waals surface area contributed by atoms with Crippen LogP contribution in [0.1, 0.15) is 24.8 Å². The van der Waals surface area contributed by atoms with E-state index in [9.17, 15) is 13.6 Å². The van der Waals surface area contributed by atoms with Crippen molar-refractivity contribution < 1.29 is 18.7 Å². The zero-order valence-corrected chi connectivity index (χ0v) is 11.5. The van der Waals surface area contributed by atoms with Gasteiger partial charge >= 0.3 is 0 Å². The largest absolute Gasteiger partial charge is 0.505 e. The number of aromatic hydroxyl groups is 1. The van der Waals surface area contributed by atoms with Gasteiger partial charge in [0.25, 0.3) is 0 Å². The first kappa shape index (κ1) is 12.8. The van der Waals surface area contributed by atoms with E-state index in [0.717, 1.165) is 31.4 Å². The topological polar surface area (TPSA) is 37.3 Å². The van der Waals surface area contributed by atoms with Gasteiger partial charge in [-0.2, -0.15) is 0 Å². The van der Waals surface area contributed by atoms with Crippen molar-refractivity contribution in [1.82, 2.24) is 0 Å². The molecule has 1 saturated carbocycles. The van der Waals surface area contributed by atoms with Crippen molar-refractivity contribution in [2.75, 3.05) is 0 Å². The molecule has 2 atom stereocenters. The lowest BCUT2D eigenvalue weighted by Crippen LogP contribution is -2.10. The van der Waals surface area contributed by atoms with E-state index in [1.54, 1.807) is 0 Å². The van der Waals surface area contributed by atoms with Crippen LogP contribution in [0.4, 0.5) is 8.78 Å². The molecule has 100 valence electrons. The third-order valence-corrected chi connectivity index (χ3v) is 4.82. The van der Waals surface area contributed by atoms with Crippen molar-refractivity contribution in [2.24, 2.45) is 11.8 Å². The minimum atomic E-state index is -0.877. The zero-order chi connectivity index (χ0) is 13.7. The van der Waals surface area contributed by atoms with Crippen LogP contribution in [-0.2, 0) is 4.79 Å². The number of hydrogen-bond donors (Lipinski definition) is 1. The summed E-state index contributed by atoms with van der Waals surface area (Å²) in [6.45, 7) is 0. The highest BCUT2D eigenvalue weighted by atomic mass is 79.9. The highest BCUT2D eigenvalue weighted by molar-refractivity contribution is 9.12. The molecule has 0 aliphatic heterocycles. The Balaban J connectivity index is 2.16. The Morgan fingerprint density at radius 2 is 1.84 bits per heavy atom. The first-order valence-electron chi connectivity index (χ1n) is 6.13. The summed E-state index contributed by atoms with van der Waals surface area (Å²) in [4.78, 5) is 12.1. The Kier molecular flexibility index (Phi) is 2.96. The zero-order valence-electron chi connectivity index (χ0n) is 9.92. The van der Waals surface area contributed by atoms with Gasteiger partial charge in [-0.15, -0.1) is 0 Å². The van der Waals surface area contributed by atoms with Gasteiger partial charge in [-0.1, -0.05) is 6.42 Å². The Bertz CT molecular complexity index is 610. The molecule has 2 aliphatic rings. The van der Waals surface area contributed by atoms with Gasteiger partial charge in [-0.3, -0.25) is 4.79 Å². The molecule has 1 N–H and O–H groups in total. The number of hydrogen-bond acceptors (Lipinski definition) is 2. The fourth-order valence-corrected chi connectivity index (χ4v) is 3.94. The van der Waals surface area contributed by atoms with Crippen LogP contribution in [0.15, 0.2) is 16.6 Å². The molecule has 2 unspecified atom stereocenters. The summed E-state index contributed by atoms with van der Waals surface area (Å²) in [7, 11) is 0. The van der Waals surface area contributed by atoms with E-state index in [1.165, 1.54) is 0 Å². The second kappa shape index (κ2) is 4.40. The van der Waals surface area contributed by atoms with Gasteiger partial charge < -0.3 is 5.11 Å². The van der Waals surface area contributed by atoms with Gasteiger partial charge in [0.05, 0.1) is 4.48 Å². The molecule has 0 aromatic heterocycles. The standard InChI is InChI=1S/C14H11BrF2O2/c15-13-12(6-2-1-3-7(6)14(13)19)8-4-10(17)11(18)5-9(8)16/h4-7,18H,1-3H2. The third-order valence-electron chi connectivity index (χ3n) is 4.00. The number of Topliss-reactive ketones (excluding diaryl/α,β-unsaturated/α-hetero) is 1. The van der Waals surface area contributed by atoms with Gasteiger partial charge in [0.2, 0.25) is 0 Å². The van der Waals surface area contributed by atoms with Crippen LogP contribution in [0, 0.1) is 23.5 Å². The molecule has 19 heavy (non-hydrogen) atoms. The monoisotopic (exact) mass is 328 g/mol. The summed E-state index contributed by atoms with van der Waals surface area (Å²) < 4.78 is 27.7. The van der Waals surface area contributed by atoms with Crippen LogP contribution in [0.25, 0.3) is 5.57 Å². The molecule has 2 aliphatic carbocycles. The predicted molar refractivity (Wildman–Crippen MR) is 69.7 cm³/mol. The van der Waals surface area contributed by atoms with E-state index >= 15 is 0 Å². The Hall–Kier alpha value is -1.23. The van der Waals surface area contributed by atoms with Crippen LogP contribution in [0.5, 0.6) is 5.75 Å². The molecule has 0 heterocycles. The Labute approximate surface area is 117 Å². The van der Waals surface area contributed by atoms with Crippen molar-refractivity contribution in [3.63, 3.8) is 0 Å². The van der Waals surface area contributed by atoms with Crippen LogP contribution >= 0.6 is 15.9 Å². The van der Waals surface area contributed by atoms with Gasteiger partial charge in [0.15, 0.2) is 17.3 Å². The van der Waals surface area contributed by atoms with Crippen molar-refractivity contribution >= 4 is 27.3 Å². The number of phenols is 1. The molecule has 0 saturated heterocycles. The lowest BCUT2D eigenvalue weighted by atomic mass is 9.90. The molecule has 5 heteroatoms. The van der Waals surface area contributed by atoms with Crippen LogP contribution < -0.4 is 0 Å². The van der Waals surface area contributed by atoms with Gasteiger partial charge in [0, 0.05) is 17.5 Å². The number of fused-ring (bicyclic) bond motifs is 1. The summed E-state index contributed by atoms with van der Waals surface area (Å²) in [5, 5.41) is 9.16. The van der Waals surface area contributed by atoms with E-state index in [0.29, 0.717) is 10.1 Å². The number of allylic oxidation sites excluding steroid dienone is 2. The quantitative estimate of drug-likeness (QED) is 0.851. The second-order valence-corrected chi connectivity index (χ2v) is 5.81. The molecule has 0 amide bonds. The fraction of sp³-hybridized carbons (Fsp3) is 0.357. The lowest BCUT2D eigenvalue weighted by Gasteiger charge is -2.14. The molecule has 3 rings (SSSR count). The van der Waals surface area contributed by atoms with E-state index in [1.807, 2.05) is 0 Å². The van der Waals surface area contributed by atoms with Crippen LogP contribution in [-0.4, -0.2) is 10.9 Å². The molecule has 0 radical (unpaired) electrons. The Morgan fingerprint density at radius 1 is 1.16 bits per heavy atom. The molecule has 0 bridgehead atoms. The maximum absolute atomic E-state index is 13.9. The van der Waals surface area contributed by atoms with Crippen molar-refractivity contribution in [3.8, 4) is 5.75 Å². The highest BCUT2D eigenvalue weighted by Crippen LogP contribution is 2.51. The number of ketones is 1. The van der Waals surface area contributed by atoms with Crippen molar-refractivity contribution in [2.45, 2.75) is 19.3 Å². The molecular weight excluding hydrogens is 318 g/mol. The SMILES string of the molecule is O=C1C(Br)=C(c2cc(F)c(O)cc2F)C2CCCC12. The number of carbonyl (C=O) groups excluding carboxylic acids is 1.